The summed E-state index contributed by atoms with van der Waals surface area (Å²) < 4.78 is 6.15. The van der Waals surface area contributed by atoms with Crippen molar-refractivity contribution in [3.63, 3.8) is 0 Å². The average Bonchev–Trinajstić information content (AvgIpc) is 3.34. The maximum Gasteiger partial charge on any atom is 0.309 e. The van der Waals surface area contributed by atoms with Gasteiger partial charge in [-0.15, -0.1) is 0 Å². The monoisotopic (exact) mass is 601 g/mol. The molecule has 43 heavy (non-hydrogen) atoms. The Morgan fingerprint density at radius 3 is 2.23 bits per heavy atom. The van der Waals surface area contributed by atoms with E-state index in [1.165, 1.54) is 64.2 Å². The van der Waals surface area contributed by atoms with Crippen molar-refractivity contribution in [3.8, 4) is 0 Å². The van der Waals surface area contributed by atoms with Crippen LogP contribution in [0.15, 0.2) is 0 Å². The number of ether oxygens (including phenoxy) is 1. The van der Waals surface area contributed by atoms with Gasteiger partial charge in [0.05, 0.1) is 18.4 Å². The van der Waals surface area contributed by atoms with Crippen molar-refractivity contribution in [2.75, 3.05) is 26.7 Å². The van der Waals surface area contributed by atoms with Crippen LogP contribution in [0.2, 0.25) is 0 Å². The van der Waals surface area contributed by atoms with Crippen LogP contribution in [-0.2, 0) is 14.3 Å². The quantitative estimate of drug-likeness (QED) is 0.265. The molecule has 0 bridgehead atoms. The number of carbonyl (C=O) groups is 2. The van der Waals surface area contributed by atoms with Gasteiger partial charge in [-0.25, -0.2) is 0 Å². The number of hydrogen-bond acceptors (Lipinski definition) is 5. The molecule has 0 aromatic rings. The first-order valence-corrected chi connectivity index (χ1v) is 17.7. The molecule has 0 aliphatic heterocycles. The fraction of sp³-hybridized carbons (Fsp3) is 0.946. The molecule has 0 saturated heterocycles. The first-order chi connectivity index (χ1) is 20.0. The highest BCUT2D eigenvalue weighted by atomic mass is 16.5. The van der Waals surface area contributed by atoms with Crippen LogP contribution in [0.1, 0.15) is 132 Å². The lowest BCUT2D eigenvalue weighted by Crippen LogP contribution is -2.66. The summed E-state index contributed by atoms with van der Waals surface area (Å²) in [5.41, 5.74) is 0.173. The second-order valence-corrected chi connectivity index (χ2v) is 18.0. The zero-order valence-electron chi connectivity index (χ0n) is 28.8. The van der Waals surface area contributed by atoms with Crippen molar-refractivity contribution in [1.29, 1.82) is 0 Å². The van der Waals surface area contributed by atoms with E-state index in [2.05, 4.69) is 46.6 Å². The van der Waals surface area contributed by atoms with Crippen LogP contribution in [0.5, 0.6) is 0 Å². The highest BCUT2D eigenvalue weighted by Gasteiger charge is 2.70. The molecule has 0 amide bonds. The largest absolute Gasteiger partial charge is 0.481 e. The molecule has 5 aliphatic carbocycles. The summed E-state index contributed by atoms with van der Waals surface area (Å²) in [7, 11) is 2.17. The Labute approximate surface area is 262 Å². The van der Waals surface area contributed by atoms with E-state index in [-0.39, 0.29) is 35.9 Å². The van der Waals surface area contributed by atoms with Gasteiger partial charge in [-0.05, 0) is 143 Å². The first-order valence-electron chi connectivity index (χ1n) is 17.7. The summed E-state index contributed by atoms with van der Waals surface area (Å²) in [6.07, 6.45) is 15.1. The number of carboxylic acids is 1. The van der Waals surface area contributed by atoms with Crippen LogP contribution in [0.25, 0.3) is 0 Å². The number of esters is 1. The number of rotatable bonds is 9. The number of carbonyl (C=O) groups excluding carboxylic acids is 1. The van der Waals surface area contributed by atoms with E-state index < -0.39 is 11.4 Å². The molecule has 2 N–H and O–H groups in total. The van der Waals surface area contributed by atoms with E-state index in [0.29, 0.717) is 28.1 Å². The number of fused-ring (bicyclic) bond motifs is 7. The fourth-order valence-corrected chi connectivity index (χ4v) is 12.7. The highest BCUT2D eigenvalue weighted by Crippen LogP contribution is 2.77. The molecule has 0 aromatic heterocycles. The van der Waals surface area contributed by atoms with Crippen LogP contribution in [-0.4, -0.2) is 59.9 Å². The van der Waals surface area contributed by atoms with Gasteiger partial charge in [0.1, 0.15) is 6.10 Å². The Hall–Kier alpha value is -1.14. The molecule has 6 nitrogen and oxygen atoms in total. The normalized spacial score (nSPS) is 43.7. The number of nitrogens with zero attached hydrogens (tertiary/aromatic N) is 1. The lowest BCUT2D eigenvalue weighted by Gasteiger charge is -2.72. The van der Waals surface area contributed by atoms with Gasteiger partial charge in [-0.2, -0.15) is 0 Å². The van der Waals surface area contributed by atoms with Gasteiger partial charge < -0.3 is 19.8 Å². The number of hydrogen-bond donors (Lipinski definition) is 2. The van der Waals surface area contributed by atoms with Crippen LogP contribution in [0.3, 0.4) is 0 Å². The average molecular weight is 602 g/mol. The Kier molecular flexibility index (Phi) is 8.72. The minimum absolute atomic E-state index is 0.0856. The number of aliphatic hydroxyl groups excluding tert-OH is 1. The summed E-state index contributed by atoms with van der Waals surface area (Å²) in [5.74, 6) is 1.52. The smallest absolute Gasteiger partial charge is 0.309 e. The third-order valence-electron chi connectivity index (χ3n) is 15.4. The van der Waals surface area contributed by atoms with Crippen LogP contribution < -0.4 is 0 Å². The molecule has 0 radical (unpaired) electrons. The minimum atomic E-state index is -1.11. The van der Waals surface area contributed by atoms with Gasteiger partial charge in [0.15, 0.2) is 0 Å². The number of aliphatic hydroxyl groups is 1. The SMILES string of the molecule is CN(CCO)CC[C@]12CCC[C@@H]1[C@H]1CCC3[C@@]4(C)CC[C@H](OC(=O)CC(C)(C)C(=O)O)C(C)(C)C4CC[C@@]3(C)[C@]1(C)CC2. The molecular weight excluding hydrogens is 538 g/mol. The fourth-order valence-electron chi connectivity index (χ4n) is 12.7. The second-order valence-electron chi connectivity index (χ2n) is 18.0. The predicted molar refractivity (Wildman–Crippen MR) is 170 cm³/mol. The lowest BCUT2D eigenvalue weighted by molar-refractivity contribution is -0.249. The highest BCUT2D eigenvalue weighted by molar-refractivity contribution is 5.81. The zero-order chi connectivity index (χ0) is 31.6. The maximum atomic E-state index is 13.0. The number of carboxylic acid groups (broad SMARTS) is 1. The van der Waals surface area contributed by atoms with Crippen LogP contribution in [0, 0.1) is 56.2 Å². The maximum absolute atomic E-state index is 13.0. The van der Waals surface area contributed by atoms with Crippen molar-refractivity contribution < 1.29 is 24.5 Å². The van der Waals surface area contributed by atoms with E-state index in [0.717, 1.165) is 37.8 Å². The Balaban J connectivity index is 1.34. The topological polar surface area (TPSA) is 87.1 Å². The number of likely N-dealkylation sites (N-methyl/N-ethyl adjacent to an activating group) is 1. The van der Waals surface area contributed by atoms with Gasteiger partial charge >= 0.3 is 11.9 Å². The third kappa shape index (κ3) is 5.21. The molecule has 9 atom stereocenters. The van der Waals surface area contributed by atoms with Crippen LogP contribution >= 0.6 is 0 Å². The molecule has 0 heterocycles. The second kappa shape index (κ2) is 11.3. The van der Waals surface area contributed by atoms with Crippen molar-refractivity contribution in [2.24, 2.45) is 56.2 Å². The molecule has 6 heteroatoms. The minimum Gasteiger partial charge on any atom is -0.481 e. The van der Waals surface area contributed by atoms with Crippen molar-refractivity contribution >= 4 is 11.9 Å². The van der Waals surface area contributed by atoms with E-state index in [1.54, 1.807) is 13.8 Å². The van der Waals surface area contributed by atoms with E-state index in [1.807, 2.05) is 0 Å². The Bertz CT molecular complexity index is 1070. The van der Waals surface area contributed by atoms with E-state index in [9.17, 15) is 19.8 Å². The van der Waals surface area contributed by atoms with Gasteiger partial charge in [0, 0.05) is 12.0 Å². The van der Waals surface area contributed by atoms with Crippen molar-refractivity contribution in [3.05, 3.63) is 0 Å². The summed E-state index contributed by atoms with van der Waals surface area (Å²) in [4.78, 5) is 26.9. The first kappa shape index (κ1) is 33.2. The van der Waals surface area contributed by atoms with E-state index >= 15 is 0 Å². The summed E-state index contributed by atoms with van der Waals surface area (Å²) in [6, 6.07) is 0. The molecule has 5 rings (SSSR count). The van der Waals surface area contributed by atoms with Crippen molar-refractivity contribution in [2.45, 2.75) is 138 Å². The molecule has 5 fully saturated rings. The molecule has 5 aliphatic rings. The Morgan fingerprint density at radius 1 is 0.837 bits per heavy atom. The van der Waals surface area contributed by atoms with Crippen LogP contribution in [0.4, 0.5) is 0 Å². The summed E-state index contributed by atoms with van der Waals surface area (Å²) >= 11 is 0. The Morgan fingerprint density at radius 2 is 1.56 bits per heavy atom. The number of aliphatic carboxylic acids is 1. The zero-order valence-corrected chi connectivity index (χ0v) is 28.8. The lowest BCUT2D eigenvalue weighted by atomic mass is 9.32. The van der Waals surface area contributed by atoms with Gasteiger partial charge in [0.2, 0.25) is 0 Å². The van der Waals surface area contributed by atoms with Gasteiger partial charge in [0.25, 0.3) is 0 Å². The van der Waals surface area contributed by atoms with Gasteiger partial charge in [-0.1, -0.05) is 41.0 Å². The molecule has 2 unspecified atom stereocenters. The molecular formula is C37H63NO5. The van der Waals surface area contributed by atoms with Gasteiger partial charge in [-0.3, -0.25) is 9.59 Å². The third-order valence-corrected chi connectivity index (χ3v) is 15.4. The predicted octanol–water partition coefficient (Wildman–Crippen LogP) is 7.57. The molecule has 0 spiro atoms. The van der Waals surface area contributed by atoms with Crippen molar-refractivity contribution in [1.82, 2.24) is 4.90 Å². The summed E-state index contributed by atoms with van der Waals surface area (Å²) in [5, 5.41) is 19.0. The molecule has 0 aromatic carbocycles. The summed E-state index contributed by atoms with van der Waals surface area (Å²) in [6.45, 7) is 18.0. The van der Waals surface area contributed by atoms with E-state index in [4.69, 9.17) is 4.74 Å². The standard InChI is InChI=1S/C37H63NO5/c1-32(2,31(41)42)24-30(40)43-29-14-16-34(5)27(33(29,3)4)13-17-36(7)28(34)12-11-25-26-10-9-15-37(26,19-18-35(25,36)6)20-21-38(8)22-23-39/h25-29,39H,9-24H2,1-8H3,(H,41,42)/t25-,26-,27?,28?,29+,34+,35-,36-,37-/m1/s1. The molecule has 246 valence electrons. The molecule has 5 saturated carbocycles.